The van der Waals surface area contributed by atoms with E-state index in [4.69, 9.17) is 5.26 Å². The number of aromatic amines is 1. The fourth-order valence-electron chi connectivity index (χ4n) is 1.73. The van der Waals surface area contributed by atoms with E-state index in [2.05, 4.69) is 4.98 Å². The van der Waals surface area contributed by atoms with Gasteiger partial charge in [-0.2, -0.15) is 17.0 Å². The molecule has 0 saturated carbocycles. The van der Waals surface area contributed by atoms with Gasteiger partial charge < -0.3 is 0 Å². The van der Waals surface area contributed by atoms with Crippen molar-refractivity contribution >= 4 is 11.8 Å². The number of aromatic nitrogens is 2. The average Bonchev–Trinajstić information content (AvgIpc) is 2.75. The Labute approximate surface area is 96.1 Å². The highest BCUT2D eigenvalue weighted by Gasteiger charge is 2.17. The fourth-order valence-corrected chi connectivity index (χ4v) is 3.00. The van der Waals surface area contributed by atoms with Gasteiger partial charge >= 0.3 is 5.69 Å². The van der Waals surface area contributed by atoms with Gasteiger partial charge in [-0.1, -0.05) is 0 Å². The summed E-state index contributed by atoms with van der Waals surface area (Å²) in [5, 5.41) is 8.71. The monoisotopic (exact) mass is 237 g/mol. The number of nitrogens with one attached hydrogen (secondary N) is 1. The quantitative estimate of drug-likeness (QED) is 0.794. The molecule has 84 valence electrons. The zero-order chi connectivity index (χ0) is 11.5. The number of nitrogens with zero attached hydrogens (tertiary/aromatic N) is 2. The first-order valence-electron chi connectivity index (χ1n) is 5.02. The largest absolute Gasteiger partial charge is 0.328 e. The lowest BCUT2D eigenvalue weighted by Gasteiger charge is -2.10. The average molecular weight is 237 g/mol. The Hall–Kier alpha value is -1.48. The summed E-state index contributed by atoms with van der Waals surface area (Å²) in [5.74, 6) is 2.61. The Kier molecular flexibility index (Phi) is 3.15. The van der Waals surface area contributed by atoms with Gasteiger partial charge in [-0.15, -0.1) is 0 Å². The summed E-state index contributed by atoms with van der Waals surface area (Å²) in [6.45, 7) is 0.581. The molecule has 1 aromatic rings. The Balaban J connectivity index is 2.30. The zero-order valence-corrected chi connectivity index (χ0v) is 9.42. The smallest absolute Gasteiger partial charge is 0.299 e. The van der Waals surface area contributed by atoms with E-state index in [-0.39, 0.29) is 5.56 Å². The lowest BCUT2D eigenvalue weighted by Crippen LogP contribution is -2.32. The van der Waals surface area contributed by atoms with Crippen LogP contribution in [0.4, 0.5) is 0 Å². The van der Waals surface area contributed by atoms with Crippen molar-refractivity contribution in [2.45, 2.75) is 13.0 Å². The highest BCUT2D eigenvalue weighted by molar-refractivity contribution is 7.99. The van der Waals surface area contributed by atoms with Crippen molar-refractivity contribution in [2.24, 2.45) is 5.92 Å². The van der Waals surface area contributed by atoms with E-state index >= 15 is 0 Å². The molecule has 0 radical (unpaired) electrons. The van der Waals surface area contributed by atoms with Crippen molar-refractivity contribution in [3.05, 3.63) is 32.6 Å². The van der Waals surface area contributed by atoms with Crippen molar-refractivity contribution in [3.8, 4) is 6.07 Å². The number of hydrogen-bond acceptors (Lipinski definition) is 4. The van der Waals surface area contributed by atoms with Crippen molar-refractivity contribution < 1.29 is 0 Å². The molecule has 1 fully saturated rings. The summed E-state index contributed by atoms with van der Waals surface area (Å²) < 4.78 is 1.43. The first-order valence-corrected chi connectivity index (χ1v) is 6.18. The topological polar surface area (TPSA) is 78.7 Å². The lowest BCUT2D eigenvalue weighted by molar-refractivity contribution is 0.475. The van der Waals surface area contributed by atoms with Gasteiger partial charge in [0.05, 0.1) is 0 Å². The van der Waals surface area contributed by atoms with Crippen LogP contribution in [0.15, 0.2) is 15.8 Å². The normalized spacial score (nSPS) is 19.6. The summed E-state index contributed by atoms with van der Waals surface area (Å²) in [5.41, 5.74) is -1.05. The summed E-state index contributed by atoms with van der Waals surface area (Å²) >= 11 is 1.87. The van der Waals surface area contributed by atoms with Crippen molar-refractivity contribution in [2.75, 3.05) is 11.5 Å². The van der Waals surface area contributed by atoms with E-state index in [9.17, 15) is 9.59 Å². The molecule has 1 N–H and O–H groups in total. The van der Waals surface area contributed by atoms with E-state index in [0.717, 1.165) is 17.9 Å². The van der Waals surface area contributed by atoms with Crippen LogP contribution in [0.3, 0.4) is 0 Å². The van der Waals surface area contributed by atoms with E-state index in [1.807, 2.05) is 11.8 Å². The number of rotatable bonds is 2. The molecular weight excluding hydrogens is 226 g/mol. The predicted molar refractivity (Wildman–Crippen MR) is 61.5 cm³/mol. The molecule has 0 spiro atoms. The van der Waals surface area contributed by atoms with Crippen LogP contribution < -0.4 is 11.2 Å². The molecule has 1 aliphatic heterocycles. The molecule has 5 nitrogen and oxygen atoms in total. The van der Waals surface area contributed by atoms with Crippen LogP contribution in [0, 0.1) is 17.2 Å². The maximum atomic E-state index is 11.5. The first kappa shape index (κ1) is 11.0. The van der Waals surface area contributed by atoms with Gasteiger partial charge in [0.1, 0.15) is 11.6 Å². The first-order chi connectivity index (χ1) is 7.70. The minimum Gasteiger partial charge on any atom is -0.299 e. The van der Waals surface area contributed by atoms with Gasteiger partial charge in [0.25, 0.3) is 5.56 Å². The molecule has 0 bridgehead atoms. The number of thioether (sulfide) groups is 1. The Bertz CT molecular complexity index is 534. The van der Waals surface area contributed by atoms with Gasteiger partial charge in [0, 0.05) is 12.7 Å². The third-order valence-corrected chi connectivity index (χ3v) is 3.84. The zero-order valence-electron chi connectivity index (χ0n) is 8.60. The minimum absolute atomic E-state index is 0.00903. The molecule has 0 amide bonds. The van der Waals surface area contributed by atoms with Crippen LogP contribution in [-0.2, 0) is 6.54 Å². The Morgan fingerprint density at radius 1 is 1.62 bits per heavy atom. The number of hydrogen-bond donors (Lipinski definition) is 1. The Morgan fingerprint density at radius 3 is 3.06 bits per heavy atom. The van der Waals surface area contributed by atoms with Gasteiger partial charge in [0.2, 0.25) is 0 Å². The molecule has 0 aromatic carbocycles. The van der Waals surface area contributed by atoms with Gasteiger partial charge in [-0.25, -0.2) is 4.79 Å². The van der Waals surface area contributed by atoms with Gasteiger partial charge in [-0.05, 0) is 23.8 Å². The second-order valence-corrected chi connectivity index (χ2v) is 4.95. The van der Waals surface area contributed by atoms with Crippen molar-refractivity contribution in [1.82, 2.24) is 9.55 Å². The molecule has 16 heavy (non-hydrogen) atoms. The van der Waals surface area contributed by atoms with Crippen LogP contribution in [0.25, 0.3) is 0 Å². The highest BCUT2D eigenvalue weighted by Crippen LogP contribution is 2.24. The van der Waals surface area contributed by atoms with Crippen LogP contribution in [0.1, 0.15) is 12.0 Å². The van der Waals surface area contributed by atoms with E-state index in [1.54, 1.807) is 6.07 Å². The molecule has 1 aliphatic rings. The van der Waals surface area contributed by atoms with Crippen LogP contribution in [0.2, 0.25) is 0 Å². The third-order valence-electron chi connectivity index (χ3n) is 2.61. The predicted octanol–water partition coefficient (Wildman–Crippen LogP) is 0.161. The third kappa shape index (κ3) is 2.19. The number of H-pyrrole nitrogens is 1. The molecular formula is C10H11N3O2S. The molecule has 1 atom stereocenters. The summed E-state index contributed by atoms with van der Waals surface area (Å²) in [6.07, 6.45) is 2.43. The molecule has 0 aliphatic carbocycles. The lowest BCUT2D eigenvalue weighted by atomic mass is 10.1. The van der Waals surface area contributed by atoms with E-state index in [0.29, 0.717) is 12.5 Å². The molecule has 2 heterocycles. The molecule has 1 aromatic heterocycles. The highest BCUT2D eigenvalue weighted by atomic mass is 32.2. The summed E-state index contributed by atoms with van der Waals surface area (Å²) in [7, 11) is 0. The standard InChI is InChI=1S/C10H11N3O2S/c11-3-8-5-13(10(15)12-9(8)14)4-7-1-2-16-6-7/h5,7H,1-2,4,6H2,(H,12,14,15). The maximum absolute atomic E-state index is 11.5. The molecule has 2 rings (SSSR count). The SMILES string of the molecule is N#Cc1cn(CC2CCSC2)c(=O)[nH]c1=O. The van der Waals surface area contributed by atoms with E-state index in [1.165, 1.54) is 10.8 Å². The van der Waals surface area contributed by atoms with Crippen LogP contribution in [-0.4, -0.2) is 21.1 Å². The second-order valence-electron chi connectivity index (χ2n) is 3.80. The fraction of sp³-hybridized carbons (Fsp3) is 0.500. The van der Waals surface area contributed by atoms with Crippen LogP contribution >= 0.6 is 11.8 Å². The minimum atomic E-state index is -0.607. The molecule has 6 heteroatoms. The van der Waals surface area contributed by atoms with Crippen molar-refractivity contribution in [3.63, 3.8) is 0 Å². The Morgan fingerprint density at radius 2 is 2.44 bits per heavy atom. The maximum Gasteiger partial charge on any atom is 0.328 e. The van der Waals surface area contributed by atoms with Crippen molar-refractivity contribution in [1.29, 1.82) is 5.26 Å². The van der Waals surface area contributed by atoms with Gasteiger partial charge in [0.15, 0.2) is 0 Å². The summed E-state index contributed by atoms with van der Waals surface area (Å²) in [6, 6.07) is 1.78. The molecule has 1 unspecified atom stereocenters. The molecule has 1 saturated heterocycles. The van der Waals surface area contributed by atoms with Crippen LogP contribution in [0.5, 0.6) is 0 Å². The second kappa shape index (κ2) is 4.58. The number of nitriles is 1. The van der Waals surface area contributed by atoms with E-state index < -0.39 is 11.2 Å². The summed E-state index contributed by atoms with van der Waals surface area (Å²) in [4.78, 5) is 24.8. The van der Waals surface area contributed by atoms with Gasteiger partial charge in [-0.3, -0.25) is 14.3 Å².